The zero-order chi connectivity index (χ0) is 24.5. The molecular formula is C23H31Cl2N7O2. The van der Waals surface area contributed by atoms with Gasteiger partial charge in [-0.05, 0) is 39.7 Å². The molecule has 0 atom stereocenters. The fourth-order valence-electron chi connectivity index (χ4n) is 4.37. The normalized spacial score (nSPS) is 18.3. The molecule has 2 aliphatic rings. The number of carbonyl (C=O) groups excluding carboxylic acids is 1. The van der Waals surface area contributed by atoms with Gasteiger partial charge in [0.2, 0.25) is 5.95 Å². The van der Waals surface area contributed by atoms with Crippen LogP contribution >= 0.6 is 23.2 Å². The molecule has 4 rings (SSSR count). The van der Waals surface area contributed by atoms with Crippen LogP contribution in [0.2, 0.25) is 10.0 Å². The van der Waals surface area contributed by atoms with Crippen molar-refractivity contribution in [3.05, 3.63) is 28.2 Å². The van der Waals surface area contributed by atoms with E-state index in [1.54, 1.807) is 18.2 Å². The largest absolute Gasteiger partial charge is 0.444 e. The Labute approximate surface area is 210 Å². The molecule has 1 amide bonds. The van der Waals surface area contributed by atoms with E-state index in [1.165, 1.54) is 0 Å². The van der Waals surface area contributed by atoms with Crippen LogP contribution in [0.1, 0.15) is 33.6 Å². The maximum atomic E-state index is 12.3. The topological polar surface area (TPSA) is 101 Å². The summed E-state index contributed by atoms with van der Waals surface area (Å²) in [6.07, 6.45) is 1.67. The Balaban J connectivity index is 1.32. The minimum Gasteiger partial charge on any atom is -0.444 e. The highest BCUT2D eigenvalue weighted by Gasteiger charge is 2.31. The number of halogens is 2. The lowest BCUT2D eigenvalue weighted by molar-refractivity contribution is 0.0139. The number of piperazine rings is 1. The molecule has 1 aromatic heterocycles. The van der Waals surface area contributed by atoms with Gasteiger partial charge in [0.05, 0.1) is 10.0 Å². The highest BCUT2D eigenvalue weighted by Crippen LogP contribution is 2.34. The molecule has 34 heavy (non-hydrogen) atoms. The van der Waals surface area contributed by atoms with E-state index in [2.05, 4.69) is 25.0 Å². The molecule has 2 saturated heterocycles. The molecule has 0 bridgehead atoms. The predicted octanol–water partition coefficient (Wildman–Crippen LogP) is 3.95. The van der Waals surface area contributed by atoms with Gasteiger partial charge in [0.15, 0.2) is 5.82 Å². The number of nitrogens with zero attached hydrogens (tertiary/aromatic N) is 6. The summed E-state index contributed by atoms with van der Waals surface area (Å²) in [7, 11) is 0. The SMILES string of the molecule is CC(C)(C)OC(=O)N1CCC(N2CCN(c3nnc(-c4cccc(Cl)c4Cl)c(N)n3)CC2)CC1. The van der Waals surface area contributed by atoms with E-state index >= 15 is 0 Å². The second-order valence-corrected chi connectivity index (χ2v) is 10.5. The fraction of sp³-hybridized carbons (Fsp3) is 0.565. The van der Waals surface area contributed by atoms with Crippen LogP contribution in [0.5, 0.6) is 0 Å². The number of rotatable bonds is 3. The Morgan fingerprint density at radius 2 is 1.74 bits per heavy atom. The van der Waals surface area contributed by atoms with Crippen molar-refractivity contribution in [2.45, 2.75) is 45.3 Å². The Bertz CT molecular complexity index is 1030. The fourth-order valence-corrected chi connectivity index (χ4v) is 4.76. The number of anilines is 2. The summed E-state index contributed by atoms with van der Waals surface area (Å²) in [5.74, 6) is 0.782. The quantitative estimate of drug-likeness (QED) is 0.666. The number of likely N-dealkylation sites (tertiary alicyclic amines) is 1. The zero-order valence-corrected chi connectivity index (χ0v) is 21.3. The molecule has 11 heteroatoms. The van der Waals surface area contributed by atoms with E-state index in [4.69, 9.17) is 33.7 Å². The molecule has 2 aromatic rings. The average molecular weight is 508 g/mol. The standard InChI is InChI=1S/C23H31Cl2N7O2/c1-23(2,3)34-22(33)32-9-7-15(8-10-32)30-11-13-31(14-12-30)21-27-20(26)19(28-29-21)16-5-4-6-17(24)18(16)25/h4-6,15H,7-14H2,1-3H3,(H2,26,27,29). The Kier molecular flexibility index (Phi) is 7.35. The van der Waals surface area contributed by atoms with Crippen LogP contribution < -0.4 is 10.6 Å². The number of carbonyl (C=O) groups is 1. The van der Waals surface area contributed by atoms with Crippen molar-refractivity contribution in [2.24, 2.45) is 0 Å². The van der Waals surface area contributed by atoms with Crippen LogP contribution in [-0.4, -0.2) is 82.0 Å². The number of nitrogen functional groups attached to an aromatic ring is 1. The second-order valence-electron chi connectivity index (χ2n) is 9.67. The summed E-state index contributed by atoms with van der Waals surface area (Å²) >= 11 is 12.4. The van der Waals surface area contributed by atoms with Gasteiger partial charge in [-0.25, -0.2) is 4.79 Å². The molecule has 0 aliphatic carbocycles. The molecular weight excluding hydrogens is 477 g/mol. The minimum atomic E-state index is -0.469. The lowest BCUT2D eigenvalue weighted by Crippen LogP contribution is -2.54. The summed E-state index contributed by atoms with van der Waals surface area (Å²) in [6.45, 7) is 10.5. The lowest BCUT2D eigenvalue weighted by Gasteiger charge is -2.42. The summed E-state index contributed by atoms with van der Waals surface area (Å²) < 4.78 is 5.50. The molecule has 2 fully saturated rings. The number of nitrogens with two attached hydrogens (primary N) is 1. The van der Waals surface area contributed by atoms with Crippen molar-refractivity contribution in [3.8, 4) is 11.3 Å². The maximum absolute atomic E-state index is 12.3. The molecule has 2 N–H and O–H groups in total. The van der Waals surface area contributed by atoms with Crippen LogP contribution in [-0.2, 0) is 4.74 Å². The number of piperidine rings is 1. The smallest absolute Gasteiger partial charge is 0.410 e. The van der Waals surface area contributed by atoms with Gasteiger partial charge in [0, 0.05) is 50.9 Å². The van der Waals surface area contributed by atoms with Crippen molar-refractivity contribution in [2.75, 3.05) is 49.9 Å². The van der Waals surface area contributed by atoms with Crippen LogP contribution in [0.15, 0.2) is 18.2 Å². The number of aromatic nitrogens is 3. The Morgan fingerprint density at radius 1 is 1.06 bits per heavy atom. The van der Waals surface area contributed by atoms with Crippen molar-refractivity contribution in [3.63, 3.8) is 0 Å². The summed E-state index contributed by atoms with van der Waals surface area (Å²) in [5, 5.41) is 9.42. The first kappa shape index (κ1) is 24.8. The number of ether oxygens (including phenoxy) is 1. The summed E-state index contributed by atoms with van der Waals surface area (Å²) in [5.41, 5.74) is 6.77. The molecule has 0 saturated carbocycles. The maximum Gasteiger partial charge on any atom is 0.410 e. The first-order valence-corrected chi connectivity index (χ1v) is 12.3. The van der Waals surface area contributed by atoms with Crippen molar-refractivity contribution in [1.29, 1.82) is 0 Å². The van der Waals surface area contributed by atoms with E-state index in [0.717, 1.165) is 52.1 Å². The third-order valence-corrected chi connectivity index (χ3v) is 6.96. The Hall–Kier alpha value is -2.36. The minimum absolute atomic E-state index is 0.222. The van der Waals surface area contributed by atoms with Crippen molar-refractivity contribution < 1.29 is 9.53 Å². The van der Waals surface area contributed by atoms with Gasteiger partial charge in [-0.2, -0.15) is 4.98 Å². The lowest BCUT2D eigenvalue weighted by atomic mass is 10.0. The van der Waals surface area contributed by atoms with Gasteiger partial charge < -0.3 is 20.3 Å². The number of amides is 1. The molecule has 1 aromatic carbocycles. The number of hydrogen-bond donors (Lipinski definition) is 1. The van der Waals surface area contributed by atoms with Gasteiger partial charge in [0.1, 0.15) is 11.3 Å². The van der Waals surface area contributed by atoms with Gasteiger partial charge in [-0.15, -0.1) is 10.2 Å². The van der Waals surface area contributed by atoms with Gasteiger partial charge in [-0.3, -0.25) is 4.90 Å². The van der Waals surface area contributed by atoms with Crippen LogP contribution in [0.25, 0.3) is 11.3 Å². The van der Waals surface area contributed by atoms with Crippen LogP contribution in [0.3, 0.4) is 0 Å². The summed E-state index contributed by atoms with van der Waals surface area (Å²) in [4.78, 5) is 23.2. The second kappa shape index (κ2) is 10.1. The van der Waals surface area contributed by atoms with E-state index in [0.29, 0.717) is 33.3 Å². The average Bonchev–Trinajstić information content (AvgIpc) is 2.80. The Morgan fingerprint density at radius 3 is 2.35 bits per heavy atom. The number of benzene rings is 1. The molecule has 3 heterocycles. The number of hydrogen-bond acceptors (Lipinski definition) is 8. The van der Waals surface area contributed by atoms with E-state index < -0.39 is 5.60 Å². The van der Waals surface area contributed by atoms with E-state index in [-0.39, 0.29) is 11.9 Å². The third kappa shape index (κ3) is 5.64. The zero-order valence-electron chi connectivity index (χ0n) is 19.8. The molecule has 184 valence electrons. The molecule has 0 radical (unpaired) electrons. The molecule has 0 spiro atoms. The van der Waals surface area contributed by atoms with Crippen molar-refractivity contribution in [1.82, 2.24) is 25.0 Å². The van der Waals surface area contributed by atoms with Gasteiger partial charge >= 0.3 is 6.09 Å². The van der Waals surface area contributed by atoms with Crippen molar-refractivity contribution >= 4 is 41.1 Å². The molecule has 9 nitrogen and oxygen atoms in total. The highest BCUT2D eigenvalue weighted by atomic mass is 35.5. The first-order valence-electron chi connectivity index (χ1n) is 11.5. The van der Waals surface area contributed by atoms with Gasteiger partial charge in [-0.1, -0.05) is 35.3 Å². The van der Waals surface area contributed by atoms with Crippen LogP contribution in [0, 0.1) is 0 Å². The summed E-state index contributed by atoms with van der Waals surface area (Å²) in [6, 6.07) is 5.75. The van der Waals surface area contributed by atoms with E-state index in [9.17, 15) is 4.79 Å². The molecule has 2 aliphatic heterocycles. The van der Waals surface area contributed by atoms with E-state index in [1.807, 2.05) is 25.7 Å². The monoisotopic (exact) mass is 507 g/mol. The first-order chi connectivity index (χ1) is 16.1. The predicted molar refractivity (Wildman–Crippen MR) is 134 cm³/mol. The van der Waals surface area contributed by atoms with Crippen LogP contribution in [0.4, 0.5) is 16.6 Å². The molecule has 0 unspecified atom stereocenters. The third-order valence-electron chi connectivity index (χ3n) is 6.14. The highest BCUT2D eigenvalue weighted by molar-refractivity contribution is 6.43. The van der Waals surface area contributed by atoms with Gasteiger partial charge in [0.25, 0.3) is 0 Å².